The molecule has 6 nitrogen and oxygen atoms in total. The number of hydrogen-bond acceptors (Lipinski definition) is 5. The number of rotatable bonds is 10. The van der Waals surface area contributed by atoms with Gasteiger partial charge in [0.1, 0.15) is 11.5 Å². The second kappa shape index (κ2) is 10.4. The van der Waals surface area contributed by atoms with E-state index in [0.29, 0.717) is 17.2 Å². The van der Waals surface area contributed by atoms with E-state index < -0.39 is 0 Å². The first kappa shape index (κ1) is 20.6. The SMILES string of the molecule is CCN(CC)Cc1ccccc1NCC(=O)Nc1cc(OC)ccc1OC. The molecule has 2 aromatic carbocycles. The zero-order valence-corrected chi connectivity index (χ0v) is 16.5. The van der Waals surface area contributed by atoms with Gasteiger partial charge in [0, 0.05) is 18.3 Å². The molecule has 0 aliphatic carbocycles. The molecule has 2 aromatic rings. The van der Waals surface area contributed by atoms with E-state index in [2.05, 4.69) is 35.4 Å². The summed E-state index contributed by atoms with van der Waals surface area (Å²) in [6.07, 6.45) is 0. The van der Waals surface area contributed by atoms with Crippen LogP contribution < -0.4 is 20.1 Å². The van der Waals surface area contributed by atoms with Crippen LogP contribution in [0, 0.1) is 0 Å². The van der Waals surface area contributed by atoms with E-state index in [9.17, 15) is 4.79 Å². The van der Waals surface area contributed by atoms with E-state index in [-0.39, 0.29) is 12.5 Å². The first-order chi connectivity index (χ1) is 13.1. The first-order valence-electron chi connectivity index (χ1n) is 9.17. The van der Waals surface area contributed by atoms with Crippen molar-refractivity contribution in [2.24, 2.45) is 0 Å². The van der Waals surface area contributed by atoms with E-state index in [4.69, 9.17) is 9.47 Å². The molecule has 0 bridgehead atoms. The summed E-state index contributed by atoms with van der Waals surface area (Å²) >= 11 is 0. The number of hydrogen-bond donors (Lipinski definition) is 2. The molecule has 146 valence electrons. The summed E-state index contributed by atoms with van der Waals surface area (Å²) in [5.41, 5.74) is 2.73. The van der Waals surface area contributed by atoms with E-state index in [0.717, 1.165) is 25.3 Å². The summed E-state index contributed by atoms with van der Waals surface area (Å²) in [6, 6.07) is 13.4. The van der Waals surface area contributed by atoms with Gasteiger partial charge < -0.3 is 20.1 Å². The molecule has 0 heterocycles. The average Bonchev–Trinajstić information content (AvgIpc) is 2.71. The minimum Gasteiger partial charge on any atom is -0.497 e. The Morgan fingerprint density at radius 1 is 1.00 bits per heavy atom. The Balaban J connectivity index is 2.02. The van der Waals surface area contributed by atoms with Gasteiger partial charge >= 0.3 is 0 Å². The predicted molar refractivity (Wildman–Crippen MR) is 110 cm³/mol. The molecule has 0 aliphatic heterocycles. The summed E-state index contributed by atoms with van der Waals surface area (Å²) in [7, 11) is 3.15. The normalized spacial score (nSPS) is 10.6. The highest BCUT2D eigenvalue weighted by Crippen LogP contribution is 2.28. The second-order valence-electron chi connectivity index (χ2n) is 6.09. The van der Waals surface area contributed by atoms with E-state index in [1.54, 1.807) is 32.4 Å². The molecule has 6 heteroatoms. The fourth-order valence-electron chi connectivity index (χ4n) is 2.80. The lowest BCUT2D eigenvalue weighted by Crippen LogP contribution is -2.25. The topological polar surface area (TPSA) is 62.8 Å². The number of nitrogens with zero attached hydrogens (tertiary/aromatic N) is 1. The summed E-state index contributed by atoms with van der Waals surface area (Å²) in [6.45, 7) is 7.28. The van der Waals surface area contributed by atoms with Crippen LogP contribution in [0.3, 0.4) is 0 Å². The standard InChI is InChI=1S/C21H29N3O3/c1-5-24(6-2)15-16-9-7-8-10-18(16)22-14-21(25)23-19-13-17(26-3)11-12-20(19)27-4/h7-13,22H,5-6,14-15H2,1-4H3,(H,23,25). The number of nitrogens with one attached hydrogen (secondary N) is 2. The number of anilines is 2. The summed E-state index contributed by atoms with van der Waals surface area (Å²) in [5, 5.41) is 6.11. The molecular formula is C21H29N3O3. The molecule has 27 heavy (non-hydrogen) atoms. The minimum absolute atomic E-state index is 0.154. The molecule has 2 N–H and O–H groups in total. The van der Waals surface area contributed by atoms with Crippen LogP contribution >= 0.6 is 0 Å². The Morgan fingerprint density at radius 2 is 1.74 bits per heavy atom. The number of methoxy groups -OCH3 is 2. The van der Waals surface area contributed by atoms with Crippen LogP contribution in [0.5, 0.6) is 11.5 Å². The van der Waals surface area contributed by atoms with Crippen LogP contribution in [-0.4, -0.2) is 44.7 Å². The molecule has 0 fully saturated rings. The maximum atomic E-state index is 12.4. The van der Waals surface area contributed by atoms with Crippen LogP contribution in [0.15, 0.2) is 42.5 Å². The van der Waals surface area contributed by atoms with Crippen LogP contribution in [-0.2, 0) is 11.3 Å². The van der Waals surface area contributed by atoms with Crippen molar-refractivity contribution in [1.29, 1.82) is 0 Å². The molecule has 0 unspecified atom stereocenters. The quantitative estimate of drug-likeness (QED) is 0.668. The summed E-state index contributed by atoms with van der Waals surface area (Å²) in [4.78, 5) is 14.8. The minimum atomic E-state index is -0.154. The number of carbonyl (C=O) groups excluding carboxylic acids is 1. The third-order valence-electron chi connectivity index (χ3n) is 4.43. The van der Waals surface area contributed by atoms with Crippen molar-refractivity contribution in [2.45, 2.75) is 20.4 Å². The second-order valence-corrected chi connectivity index (χ2v) is 6.09. The lowest BCUT2D eigenvalue weighted by atomic mass is 10.1. The lowest BCUT2D eigenvalue weighted by molar-refractivity contribution is -0.114. The Bertz CT molecular complexity index is 745. The van der Waals surface area contributed by atoms with Gasteiger partial charge in [-0.05, 0) is 36.9 Å². The van der Waals surface area contributed by atoms with Crippen molar-refractivity contribution in [2.75, 3.05) is 44.5 Å². The smallest absolute Gasteiger partial charge is 0.243 e. The molecule has 0 saturated heterocycles. The van der Waals surface area contributed by atoms with Crippen molar-refractivity contribution in [3.8, 4) is 11.5 Å². The molecule has 0 aliphatic rings. The highest BCUT2D eigenvalue weighted by Gasteiger charge is 2.11. The summed E-state index contributed by atoms with van der Waals surface area (Å²) < 4.78 is 10.5. The fourth-order valence-corrected chi connectivity index (χ4v) is 2.80. The van der Waals surface area contributed by atoms with Crippen LogP contribution in [0.25, 0.3) is 0 Å². The zero-order chi connectivity index (χ0) is 19.6. The molecule has 1 amide bonds. The average molecular weight is 371 g/mol. The third-order valence-corrected chi connectivity index (χ3v) is 4.43. The molecular weight excluding hydrogens is 342 g/mol. The first-order valence-corrected chi connectivity index (χ1v) is 9.17. The van der Waals surface area contributed by atoms with Gasteiger partial charge in [-0.1, -0.05) is 32.0 Å². The van der Waals surface area contributed by atoms with Gasteiger partial charge in [0.15, 0.2) is 0 Å². The van der Waals surface area contributed by atoms with Crippen LogP contribution in [0.2, 0.25) is 0 Å². The number of para-hydroxylation sites is 1. The van der Waals surface area contributed by atoms with Crippen molar-refractivity contribution >= 4 is 17.3 Å². The van der Waals surface area contributed by atoms with Gasteiger partial charge in [0.25, 0.3) is 0 Å². The van der Waals surface area contributed by atoms with Gasteiger partial charge in [-0.15, -0.1) is 0 Å². The molecule has 0 atom stereocenters. The molecule has 2 rings (SSSR count). The predicted octanol–water partition coefficient (Wildman–Crippen LogP) is 3.60. The lowest BCUT2D eigenvalue weighted by Gasteiger charge is -2.20. The Hall–Kier alpha value is -2.73. The zero-order valence-electron chi connectivity index (χ0n) is 16.5. The van der Waals surface area contributed by atoms with E-state index in [1.807, 2.05) is 18.2 Å². The third kappa shape index (κ3) is 5.89. The van der Waals surface area contributed by atoms with Crippen molar-refractivity contribution in [1.82, 2.24) is 4.90 Å². The van der Waals surface area contributed by atoms with Crippen LogP contribution in [0.4, 0.5) is 11.4 Å². The highest BCUT2D eigenvalue weighted by molar-refractivity contribution is 5.95. The Kier molecular flexibility index (Phi) is 7.95. The largest absolute Gasteiger partial charge is 0.497 e. The van der Waals surface area contributed by atoms with Gasteiger partial charge in [0.05, 0.1) is 26.5 Å². The van der Waals surface area contributed by atoms with Gasteiger partial charge in [-0.3, -0.25) is 9.69 Å². The maximum Gasteiger partial charge on any atom is 0.243 e. The molecule has 0 saturated carbocycles. The Labute approximate surface area is 161 Å². The number of amides is 1. The maximum absolute atomic E-state index is 12.4. The van der Waals surface area contributed by atoms with Crippen LogP contribution in [0.1, 0.15) is 19.4 Å². The van der Waals surface area contributed by atoms with E-state index in [1.165, 1.54) is 5.56 Å². The fraction of sp³-hybridized carbons (Fsp3) is 0.381. The van der Waals surface area contributed by atoms with Crippen molar-refractivity contribution < 1.29 is 14.3 Å². The number of carbonyl (C=O) groups is 1. The van der Waals surface area contributed by atoms with Crippen molar-refractivity contribution in [3.05, 3.63) is 48.0 Å². The molecule has 0 spiro atoms. The Morgan fingerprint density at radius 3 is 2.41 bits per heavy atom. The van der Waals surface area contributed by atoms with Gasteiger partial charge in [0.2, 0.25) is 5.91 Å². The van der Waals surface area contributed by atoms with E-state index >= 15 is 0 Å². The molecule has 0 aromatic heterocycles. The summed E-state index contributed by atoms with van der Waals surface area (Å²) in [5.74, 6) is 1.09. The van der Waals surface area contributed by atoms with Gasteiger partial charge in [-0.25, -0.2) is 0 Å². The highest BCUT2D eigenvalue weighted by atomic mass is 16.5. The van der Waals surface area contributed by atoms with Crippen molar-refractivity contribution in [3.63, 3.8) is 0 Å². The van der Waals surface area contributed by atoms with Gasteiger partial charge in [-0.2, -0.15) is 0 Å². The monoisotopic (exact) mass is 371 g/mol. The number of benzene rings is 2. The molecule has 0 radical (unpaired) electrons. The number of ether oxygens (including phenoxy) is 2.